The zero-order valence-electron chi connectivity index (χ0n) is 12.7. The standard InChI is InChI=1S/C16H25N3OS/c1-11-15(21-10-17-11)8-9-16(20)19-14-7-6-13(14)18-12-4-2-3-5-12/h10,12-14,18H,2-9H2,1H3,(H,19,20)/t13-,14+/m0/s1. The molecule has 21 heavy (non-hydrogen) atoms. The zero-order valence-corrected chi connectivity index (χ0v) is 13.5. The normalized spacial score (nSPS) is 25.8. The van der Waals surface area contributed by atoms with Crippen LogP contribution in [0.4, 0.5) is 0 Å². The largest absolute Gasteiger partial charge is 0.352 e. The van der Waals surface area contributed by atoms with Gasteiger partial charge in [-0.2, -0.15) is 0 Å². The maximum absolute atomic E-state index is 12.1. The van der Waals surface area contributed by atoms with E-state index in [1.165, 1.54) is 37.0 Å². The molecule has 116 valence electrons. The van der Waals surface area contributed by atoms with Crippen molar-refractivity contribution in [2.45, 2.75) is 76.4 Å². The molecule has 1 amide bonds. The summed E-state index contributed by atoms with van der Waals surface area (Å²) in [6.45, 7) is 2.01. The van der Waals surface area contributed by atoms with Gasteiger partial charge in [-0.05, 0) is 39.0 Å². The van der Waals surface area contributed by atoms with Crippen LogP contribution in [0.3, 0.4) is 0 Å². The number of rotatable bonds is 6. The van der Waals surface area contributed by atoms with Gasteiger partial charge in [0.25, 0.3) is 0 Å². The molecule has 3 rings (SSSR count). The van der Waals surface area contributed by atoms with E-state index in [4.69, 9.17) is 0 Å². The zero-order chi connectivity index (χ0) is 14.7. The van der Waals surface area contributed by atoms with Gasteiger partial charge in [-0.3, -0.25) is 4.79 Å². The Morgan fingerprint density at radius 2 is 2.05 bits per heavy atom. The van der Waals surface area contributed by atoms with Gasteiger partial charge >= 0.3 is 0 Å². The van der Waals surface area contributed by atoms with Crippen LogP contribution in [-0.4, -0.2) is 29.0 Å². The molecule has 1 aromatic heterocycles. The van der Waals surface area contributed by atoms with Gasteiger partial charge in [-0.25, -0.2) is 4.98 Å². The van der Waals surface area contributed by atoms with Crippen molar-refractivity contribution in [3.63, 3.8) is 0 Å². The first-order chi connectivity index (χ1) is 10.2. The number of hydrogen-bond donors (Lipinski definition) is 2. The molecule has 0 unspecified atom stereocenters. The van der Waals surface area contributed by atoms with E-state index in [1.807, 2.05) is 12.4 Å². The number of amides is 1. The fourth-order valence-corrected chi connectivity index (χ4v) is 4.12. The van der Waals surface area contributed by atoms with Gasteiger partial charge in [0.15, 0.2) is 0 Å². The summed E-state index contributed by atoms with van der Waals surface area (Å²) in [7, 11) is 0. The van der Waals surface area contributed by atoms with Crippen LogP contribution >= 0.6 is 11.3 Å². The van der Waals surface area contributed by atoms with Gasteiger partial charge in [-0.1, -0.05) is 12.8 Å². The van der Waals surface area contributed by atoms with E-state index in [0.717, 1.165) is 18.5 Å². The molecule has 2 saturated carbocycles. The molecular weight excluding hydrogens is 282 g/mol. The lowest BCUT2D eigenvalue weighted by molar-refractivity contribution is -0.122. The molecule has 0 aromatic carbocycles. The second-order valence-electron chi connectivity index (χ2n) is 6.37. The molecule has 4 nitrogen and oxygen atoms in total. The van der Waals surface area contributed by atoms with Gasteiger partial charge in [0.05, 0.1) is 11.2 Å². The Labute approximate surface area is 130 Å². The Balaban J connectivity index is 1.39. The Kier molecular flexibility index (Phi) is 4.91. The van der Waals surface area contributed by atoms with Crippen molar-refractivity contribution < 1.29 is 4.79 Å². The fourth-order valence-electron chi connectivity index (χ4n) is 3.34. The van der Waals surface area contributed by atoms with Crippen molar-refractivity contribution in [2.24, 2.45) is 0 Å². The highest BCUT2D eigenvalue weighted by Crippen LogP contribution is 2.25. The molecule has 1 heterocycles. The lowest BCUT2D eigenvalue weighted by atomic mass is 9.85. The first kappa shape index (κ1) is 15.0. The third-order valence-corrected chi connectivity index (χ3v) is 5.84. The van der Waals surface area contributed by atoms with Gasteiger partial charge in [0.2, 0.25) is 5.91 Å². The lowest BCUT2D eigenvalue weighted by Crippen LogP contribution is -2.58. The summed E-state index contributed by atoms with van der Waals surface area (Å²) >= 11 is 1.65. The second-order valence-corrected chi connectivity index (χ2v) is 7.31. The highest BCUT2D eigenvalue weighted by atomic mass is 32.1. The quantitative estimate of drug-likeness (QED) is 0.849. The van der Waals surface area contributed by atoms with E-state index >= 15 is 0 Å². The van der Waals surface area contributed by atoms with Crippen molar-refractivity contribution in [3.8, 4) is 0 Å². The number of aryl methyl sites for hydroxylation is 2. The van der Waals surface area contributed by atoms with Crippen molar-refractivity contribution in [1.29, 1.82) is 0 Å². The smallest absolute Gasteiger partial charge is 0.220 e. The topological polar surface area (TPSA) is 54.0 Å². The van der Waals surface area contributed by atoms with Crippen molar-refractivity contribution >= 4 is 17.2 Å². The SMILES string of the molecule is Cc1ncsc1CCC(=O)N[C@@H]1CC[C@@H]1NC1CCCC1. The van der Waals surface area contributed by atoms with Gasteiger partial charge in [0.1, 0.15) is 0 Å². The fraction of sp³-hybridized carbons (Fsp3) is 0.750. The molecule has 2 aliphatic carbocycles. The summed E-state index contributed by atoms with van der Waals surface area (Å²) in [6.07, 6.45) is 9.05. The predicted octanol–water partition coefficient (Wildman–Crippen LogP) is 2.56. The summed E-state index contributed by atoms with van der Waals surface area (Å²) in [4.78, 5) is 17.5. The van der Waals surface area contributed by atoms with E-state index in [2.05, 4.69) is 15.6 Å². The monoisotopic (exact) mass is 307 g/mol. The van der Waals surface area contributed by atoms with E-state index in [9.17, 15) is 4.79 Å². The number of hydrogen-bond acceptors (Lipinski definition) is 4. The molecule has 1 aromatic rings. The number of nitrogens with zero attached hydrogens (tertiary/aromatic N) is 1. The maximum Gasteiger partial charge on any atom is 0.220 e. The second kappa shape index (κ2) is 6.88. The highest BCUT2D eigenvalue weighted by Gasteiger charge is 2.33. The summed E-state index contributed by atoms with van der Waals surface area (Å²) in [6, 6.07) is 1.54. The number of thiazole rings is 1. The highest BCUT2D eigenvalue weighted by molar-refractivity contribution is 7.09. The van der Waals surface area contributed by atoms with Crippen LogP contribution in [0.25, 0.3) is 0 Å². The number of carbonyl (C=O) groups is 1. The third kappa shape index (κ3) is 3.83. The minimum absolute atomic E-state index is 0.186. The minimum atomic E-state index is 0.186. The Bertz CT molecular complexity index is 482. The van der Waals surface area contributed by atoms with Crippen LogP contribution in [0.5, 0.6) is 0 Å². The van der Waals surface area contributed by atoms with Crippen molar-refractivity contribution in [3.05, 3.63) is 16.1 Å². The molecule has 0 aliphatic heterocycles. The summed E-state index contributed by atoms with van der Waals surface area (Å²) in [5, 5.41) is 6.93. The first-order valence-corrected chi connectivity index (χ1v) is 9.04. The average molecular weight is 307 g/mol. The molecule has 0 bridgehead atoms. The Morgan fingerprint density at radius 3 is 2.67 bits per heavy atom. The van der Waals surface area contributed by atoms with Crippen molar-refractivity contribution in [2.75, 3.05) is 0 Å². The third-order valence-electron chi connectivity index (χ3n) is 4.85. The molecule has 2 atom stereocenters. The van der Waals surface area contributed by atoms with Crippen LogP contribution in [-0.2, 0) is 11.2 Å². The molecule has 2 N–H and O–H groups in total. The van der Waals surface area contributed by atoms with E-state index < -0.39 is 0 Å². The predicted molar refractivity (Wildman–Crippen MR) is 85.5 cm³/mol. The van der Waals surface area contributed by atoms with Crippen LogP contribution in [0.15, 0.2) is 5.51 Å². The van der Waals surface area contributed by atoms with Crippen molar-refractivity contribution in [1.82, 2.24) is 15.6 Å². The molecule has 2 aliphatic rings. The van der Waals surface area contributed by atoms with Gasteiger partial charge in [-0.15, -0.1) is 11.3 Å². The first-order valence-electron chi connectivity index (χ1n) is 8.17. The molecule has 5 heteroatoms. The summed E-state index contributed by atoms with van der Waals surface area (Å²) < 4.78 is 0. The van der Waals surface area contributed by atoms with E-state index in [-0.39, 0.29) is 5.91 Å². The molecule has 0 spiro atoms. The van der Waals surface area contributed by atoms with Gasteiger partial charge in [0, 0.05) is 29.4 Å². The van der Waals surface area contributed by atoms with E-state index in [1.54, 1.807) is 11.3 Å². The number of aromatic nitrogens is 1. The maximum atomic E-state index is 12.1. The summed E-state index contributed by atoms with van der Waals surface area (Å²) in [5.41, 5.74) is 2.92. The Morgan fingerprint density at radius 1 is 1.29 bits per heavy atom. The number of nitrogens with one attached hydrogen (secondary N) is 2. The van der Waals surface area contributed by atoms with Crippen LogP contribution in [0, 0.1) is 6.92 Å². The molecular formula is C16H25N3OS. The van der Waals surface area contributed by atoms with Gasteiger partial charge < -0.3 is 10.6 Å². The van der Waals surface area contributed by atoms with Crippen LogP contribution in [0.2, 0.25) is 0 Å². The molecule has 0 radical (unpaired) electrons. The molecule has 2 fully saturated rings. The van der Waals surface area contributed by atoms with Crippen LogP contribution < -0.4 is 10.6 Å². The lowest BCUT2D eigenvalue weighted by Gasteiger charge is -2.39. The van der Waals surface area contributed by atoms with Crippen LogP contribution in [0.1, 0.15) is 55.5 Å². The average Bonchev–Trinajstić information content (AvgIpc) is 3.10. The minimum Gasteiger partial charge on any atom is -0.352 e. The number of carbonyl (C=O) groups excluding carboxylic acids is 1. The Hall–Kier alpha value is -0.940. The van der Waals surface area contributed by atoms with E-state index in [0.29, 0.717) is 24.5 Å². The summed E-state index contributed by atoms with van der Waals surface area (Å²) in [5.74, 6) is 0.186. The molecule has 0 saturated heterocycles.